The van der Waals surface area contributed by atoms with Gasteiger partial charge in [-0.2, -0.15) is 4.39 Å². The molecule has 0 bridgehead atoms. The van der Waals surface area contributed by atoms with Crippen LogP contribution in [0.5, 0.6) is 5.75 Å². The first-order valence-electron chi connectivity index (χ1n) is 11.6. The minimum absolute atomic E-state index is 0.0391. The van der Waals surface area contributed by atoms with Gasteiger partial charge in [0.15, 0.2) is 11.6 Å². The molecule has 160 valence electrons. The van der Waals surface area contributed by atoms with Gasteiger partial charge in [0, 0.05) is 0 Å². The average molecular weight is 403 g/mol. The van der Waals surface area contributed by atoms with Crippen LogP contribution in [0.15, 0.2) is 36.6 Å². The second-order valence-corrected chi connectivity index (χ2v) is 8.87. The second-order valence-electron chi connectivity index (χ2n) is 8.87. The number of rotatable bonds is 7. The fourth-order valence-corrected chi connectivity index (χ4v) is 5.26. The molecular weight excluding hydrogens is 366 g/mol. The molecule has 29 heavy (non-hydrogen) atoms. The van der Waals surface area contributed by atoms with E-state index in [9.17, 15) is 8.78 Å². The summed E-state index contributed by atoms with van der Waals surface area (Å²) in [5, 5.41) is 0. The summed E-state index contributed by atoms with van der Waals surface area (Å²) in [6.07, 6.45) is 19.8. The SMILES string of the molecule is C/C=C/Oc1ccc(C2CCC(C3CCC(/C=C/CCC)CC3)CC2)c(F)c1F. The van der Waals surface area contributed by atoms with Gasteiger partial charge in [-0.05, 0) is 100 Å². The molecule has 0 N–H and O–H groups in total. The fraction of sp³-hybridized carbons (Fsp3) is 0.615. The summed E-state index contributed by atoms with van der Waals surface area (Å²) in [6.45, 7) is 4.00. The van der Waals surface area contributed by atoms with Crippen LogP contribution < -0.4 is 4.74 Å². The molecule has 0 saturated heterocycles. The van der Waals surface area contributed by atoms with Crippen LogP contribution in [0, 0.1) is 29.4 Å². The highest BCUT2D eigenvalue weighted by Crippen LogP contribution is 2.45. The molecular formula is C26H36F2O. The van der Waals surface area contributed by atoms with Crippen LogP contribution in [0.3, 0.4) is 0 Å². The van der Waals surface area contributed by atoms with Crippen LogP contribution in [0.1, 0.15) is 89.5 Å². The third-order valence-corrected chi connectivity index (χ3v) is 6.97. The Bertz CT molecular complexity index is 693. The highest BCUT2D eigenvalue weighted by atomic mass is 19.2. The van der Waals surface area contributed by atoms with Crippen LogP contribution in [-0.2, 0) is 0 Å². The van der Waals surface area contributed by atoms with Crippen molar-refractivity contribution in [2.45, 2.75) is 84.0 Å². The summed E-state index contributed by atoms with van der Waals surface area (Å²) in [7, 11) is 0. The lowest BCUT2D eigenvalue weighted by Crippen LogP contribution is -2.25. The molecule has 0 radical (unpaired) electrons. The fourth-order valence-electron chi connectivity index (χ4n) is 5.26. The van der Waals surface area contributed by atoms with E-state index in [1.165, 1.54) is 44.8 Å². The molecule has 1 aromatic rings. The summed E-state index contributed by atoms with van der Waals surface area (Å²) in [6, 6.07) is 3.28. The highest BCUT2D eigenvalue weighted by Gasteiger charge is 2.32. The molecule has 3 rings (SSSR count). The molecule has 1 aromatic carbocycles. The Morgan fingerprint density at radius 1 is 0.931 bits per heavy atom. The number of ether oxygens (including phenoxy) is 1. The van der Waals surface area contributed by atoms with Crippen molar-refractivity contribution in [3.8, 4) is 5.75 Å². The number of hydrogen-bond donors (Lipinski definition) is 0. The molecule has 2 saturated carbocycles. The Labute approximate surface area is 175 Å². The van der Waals surface area contributed by atoms with E-state index in [4.69, 9.17) is 4.74 Å². The number of benzene rings is 1. The molecule has 0 aliphatic heterocycles. The van der Waals surface area contributed by atoms with Crippen molar-refractivity contribution in [1.29, 1.82) is 0 Å². The van der Waals surface area contributed by atoms with Crippen LogP contribution in [0.4, 0.5) is 8.78 Å². The largest absolute Gasteiger partial charge is 0.462 e. The maximum Gasteiger partial charge on any atom is 0.201 e. The van der Waals surface area contributed by atoms with Gasteiger partial charge in [-0.15, -0.1) is 0 Å². The second kappa shape index (κ2) is 10.9. The van der Waals surface area contributed by atoms with E-state index in [1.54, 1.807) is 25.1 Å². The Morgan fingerprint density at radius 3 is 2.21 bits per heavy atom. The van der Waals surface area contributed by atoms with Crippen molar-refractivity contribution in [2.75, 3.05) is 0 Å². The van der Waals surface area contributed by atoms with E-state index in [-0.39, 0.29) is 11.7 Å². The van der Waals surface area contributed by atoms with Crippen LogP contribution in [0.2, 0.25) is 0 Å². The van der Waals surface area contributed by atoms with Crippen molar-refractivity contribution in [1.82, 2.24) is 0 Å². The van der Waals surface area contributed by atoms with Crippen molar-refractivity contribution in [2.24, 2.45) is 17.8 Å². The molecule has 1 nitrogen and oxygen atoms in total. The zero-order chi connectivity index (χ0) is 20.6. The Balaban J connectivity index is 1.51. The van der Waals surface area contributed by atoms with E-state index in [0.717, 1.165) is 43.4 Å². The van der Waals surface area contributed by atoms with Gasteiger partial charge in [0.2, 0.25) is 5.82 Å². The van der Waals surface area contributed by atoms with Crippen molar-refractivity contribution >= 4 is 0 Å². The smallest absolute Gasteiger partial charge is 0.201 e. The maximum atomic E-state index is 14.6. The van der Waals surface area contributed by atoms with Crippen LogP contribution in [0.25, 0.3) is 0 Å². The summed E-state index contributed by atoms with van der Waals surface area (Å²) < 4.78 is 34.1. The predicted molar refractivity (Wildman–Crippen MR) is 116 cm³/mol. The predicted octanol–water partition coefficient (Wildman–Crippen LogP) is 8.31. The molecule has 0 amide bonds. The van der Waals surface area contributed by atoms with E-state index >= 15 is 0 Å². The Morgan fingerprint density at radius 2 is 1.59 bits per heavy atom. The monoisotopic (exact) mass is 402 g/mol. The molecule has 0 aromatic heterocycles. The zero-order valence-corrected chi connectivity index (χ0v) is 18.0. The van der Waals surface area contributed by atoms with Crippen molar-refractivity contribution in [3.63, 3.8) is 0 Å². The lowest BCUT2D eigenvalue weighted by Gasteiger charge is -2.37. The molecule has 0 unspecified atom stereocenters. The topological polar surface area (TPSA) is 9.23 Å². The third-order valence-electron chi connectivity index (χ3n) is 6.97. The Hall–Kier alpha value is -1.64. The van der Waals surface area contributed by atoms with Gasteiger partial charge in [-0.3, -0.25) is 0 Å². The maximum absolute atomic E-state index is 14.6. The van der Waals surface area contributed by atoms with Crippen LogP contribution >= 0.6 is 0 Å². The first-order chi connectivity index (χ1) is 14.1. The quantitative estimate of drug-likeness (QED) is 0.329. The summed E-state index contributed by atoms with van der Waals surface area (Å²) in [5.41, 5.74) is 0.526. The van der Waals surface area contributed by atoms with Crippen LogP contribution in [-0.4, -0.2) is 0 Å². The van der Waals surface area contributed by atoms with Gasteiger partial charge in [0.1, 0.15) is 0 Å². The number of hydrogen-bond acceptors (Lipinski definition) is 1. The van der Waals surface area contributed by atoms with Gasteiger partial charge in [-0.25, -0.2) is 4.39 Å². The Kier molecular flexibility index (Phi) is 8.32. The van der Waals surface area contributed by atoms with Gasteiger partial charge in [-0.1, -0.05) is 37.6 Å². The minimum atomic E-state index is -0.864. The molecule has 0 atom stereocenters. The lowest BCUT2D eigenvalue weighted by atomic mass is 9.68. The van der Waals surface area contributed by atoms with Gasteiger partial charge >= 0.3 is 0 Å². The highest BCUT2D eigenvalue weighted by molar-refractivity contribution is 5.33. The standard InChI is InChI=1S/C26H36F2O/c1-3-5-6-7-19-8-10-20(11-9-19)21-12-14-22(15-13-21)23-16-17-24(29-18-4-2)26(28)25(23)27/h4,6-7,16-22H,3,5,8-15H2,1-2H3/b7-6+,18-4+. The van der Waals surface area contributed by atoms with Crippen molar-refractivity contribution < 1.29 is 13.5 Å². The normalized spacial score (nSPS) is 28.3. The molecule has 2 aliphatic carbocycles. The zero-order valence-electron chi connectivity index (χ0n) is 18.0. The molecule has 2 fully saturated rings. The molecule has 2 aliphatic rings. The molecule has 3 heteroatoms. The van der Waals surface area contributed by atoms with E-state index in [1.807, 2.05) is 0 Å². The summed E-state index contributed by atoms with van der Waals surface area (Å²) in [4.78, 5) is 0. The van der Waals surface area contributed by atoms with Crippen molar-refractivity contribution in [3.05, 3.63) is 53.8 Å². The van der Waals surface area contributed by atoms with E-state index in [0.29, 0.717) is 5.56 Å². The number of halogens is 2. The third kappa shape index (κ3) is 5.71. The van der Waals surface area contributed by atoms with E-state index in [2.05, 4.69) is 19.1 Å². The van der Waals surface area contributed by atoms with Gasteiger partial charge < -0.3 is 4.74 Å². The first-order valence-corrected chi connectivity index (χ1v) is 11.6. The van der Waals surface area contributed by atoms with Gasteiger partial charge in [0.25, 0.3) is 0 Å². The first kappa shape index (κ1) is 22.1. The lowest BCUT2D eigenvalue weighted by molar-refractivity contribution is 0.170. The van der Waals surface area contributed by atoms with Gasteiger partial charge in [0.05, 0.1) is 6.26 Å². The van der Waals surface area contributed by atoms with E-state index < -0.39 is 11.6 Å². The average Bonchev–Trinajstić information content (AvgIpc) is 2.76. The minimum Gasteiger partial charge on any atom is -0.462 e. The number of unbranched alkanes of at least 4 members (excludes halogenated alkanes) is 1. The molecule has 0 heterocycles. The summed E-state index contributed by atoms with van der Waals surface area (Å²) in [5.74, 6) is 0.858. The number of allylic oxidation sites excluding steroid dienone is 3. The summed E-state index contributed by atoms with van der Waals surface area (Å²) >= 11 is 0. The molecule has 0 spiro atoms.